The quantitative estimate of drug-likeness (QED) is 0.618. The lowest BCUT2D eigenvalue weighted by Gasteiger charge is -2.38. The summed E-state index contributed by atoms with van der Waals surface area (Å²) in [6.45, 7) is 7.12. The van der Waals surface area contributed by atoms with Crippen LogP contribution in [0.15, 0.2) is 23.1 Å². The summed E-state index contributed by atoms with van der Waals surface area (Å²) < 4.78 is 40.5. The lowest BCUT2D eigenvalue weighted by atomic mass is 9.98. The van der Waals surface area contributed by atoms with Crippen molar-refractivity contribution in [2.24, 2.45) is 17.8 Å². The van der Waals surface area contributed by atoms with E-state index < -0.39 is 16.1 Å². The highest BCUT2D eigenvalue weighted by atomic mass is 32.2. The average Bonchev–Trinajstić information content (AvgIpc) is 3.64. The summed E-state index contributed by atoms with van der Waals surface area (Å²) >= 11 is 0. The van der Waals surface area contributed by atoms with Crippen LogP contribution in [0.4, 0.5) is 0 Å². The number of hydrogen-bond acceptors (Lipinski definition) is 6. The first-order valence-corrected chi connectivity index (χ1v) is 13.9. The standard InChI is InChI=1S/C26H38N2O5S/c1-19-15-28(20(2)18-29)34(30,31)26-9-8-22(7-6-21-4-5-21)14-24(26)33-25(19)17-27(3)16-23-10-12-32-13-11-23/h8-9,14,19-21,23,25,29H,4-5,10-13,15-18H2,1-3H3/t19-,20+,25-/m1/s1. The maximum absolute atomic E-state index is 13.6. The first-order valence-electron chi connectivity index (χ1n) is 12.5. The van der Waals surface area contributed by atoms with Gasteiger partial charge in [0.05, 0.1) is 6.61 Å². The first-order chi connectivity index (χ1) is 16.3. The van der Waals surface area contributed by atoms with Crippen LogP contribution in [-0.4, -0.2) is 81.4 Å². The van der Waals surface area contributed by atoms with Crippen molar-refractivity contribution in [2.45, 2.75) is 56.6 Å². The lowest BCUT2D eigenvalue weighted by Crippen LogP contribution is -2.50. The Morgan fingerprint density at radius 1 is 1.21 bits per heavy atom. The third-order valence-corrected chi connectivity index (χ3v) is 9.09. The fourth-order valence-electron chi connectivity index (χ4n) is 4.69. The molecule has 1 aromatic carbocycles. The molecule has 8 heteroatoms. The number of fused-ring (bicyclic) bond motifs is 1. The van der Waals surface area contributed by atoms with Gasteiger partial charge in [0.15, 0.2) is 0 Å². The maximum atomic E-state index is 13.6. The van der Waals surface area contributed by atoms with Crippen molar-refractivity contribution in [2.75, 3.05) is 46.5 Å². The zero-order chi connectivity index (χ0) is 24.3. The molecular weight excluding hydrogens is 452 g/mol. The molecule has 3 aliphatic rings. The van der Waals surface area contributed by atoms with Crippen LogP contribution in [0.25, 0.3) is 0 Å². The number of nitrogens with zero attached hydrogens (tertiary/aromatic N) is 2. The number of hydrogen-bond donors (Lipinski definition) is 1. The zero-order valence-electron chi connectivity index (χ0n) is 20.6. The van der Waals surface area contributed by atoms with Crippen molar-refractivity contribution in [1.29, 1.82) is 0 Å². The smallest absolute Gasteiger partial charge is 0.247 e. The number of aliphatic hydroxyl groups is 1. The summed E-state index contributed by atoms with van der Waals surface area (Å²) in [4.78, 5) is 2.44. The molecule has 0 bridgehead atoms. The number of aliphatic hydroxyl groups excluding tert-OH is 1. The van der Waals surface area contributed by atoms with Gasteiger partial charge in [-0.3, -0.25) is 0 Å². The first kappa shape index (κ1) is 25.5. The third-order valence-electron chi connectivity index (χ3n) is 7.07. The molecule has 0 radical (unpaired) electrons. The summed E-state index contributed by atoms with van der Waals surface area (Å²) in [6, 6.07) is 4.62. The van der Waals surface area contributed by atoms with Crippen molar-refractivity contribution in [3.8, 4) is 17.6 Å². The number of sulfonamides is 1. The van der Waals surface area contributed by atoms with Crippen molar-refractivity contribution in [1.82, 2.24) is 9.21 Å². The van der Waals surface area contributed by atoms with E-state index in [9.17, 15) is 13.5 Å². The predicted octanol–water partition coefficient (Wildman–Crippen LogP) is 2.58. The Labute approximate surface area is 204 Å². The summed E-state index contributed by atoms with van der Waals surface area (Å²) in [5.41, 5.74) is 0.769. The predicted molar refractivity (Wildman–Crippen MR) is 131 cm³/mol. The molecule has 34 heavy (non-hydrogen) atoms. The van der Waals surface area contributed by atoms with E-state index >= 15 is 0 Å². The highest BCUT2D eigenvalue weighted by Gasteiger charge is 2.38. The number of benzene rings is 1. The average molecular weight is 491 g/mol. The van der Waals surface area contributed by atoms with Crippen molar-refractivity contribution < 1.29 is 23.0 Å². The molecular formula is C26H38N2O5S. The van der Waals surface area contributed by atoms with Crippen LogP contribution < -0.4 is 4.74 Å². The van der Waals surface area contributed by atoms with Gasteiger partial charge in [0, 0.05) is 56.3 Å². The normalized spacial score (nSPS) is 26.5. The van der Waals surface area contributed by atoms with Crippen molar-refractivity contribution >= 4 is 10.0 Å². The molecule has 1 aromatic rings. The van der Waals surface area contributed by atoms with Gasteiger partial charge < -0.3 is 19.5 Å². The van der Waals surface area contributed by atoms with Crippen molar-refractivity contribution in [3.63, 3.8) is 0 Å². The minimum Gasteiger partial charge on any atom is -0.487 e. The van der Waals surface area contributed by atoms with Crippen LogP contribution >= 0.6 is 0 Å². The molecule has 4 rings (SSSR count). The topological polar surface area (TPSA) is 79.3 Å². The Hall–Kier alpha value is -1.63. The van der Waals surface area contributed by atoms with Gasteiger partial charge in [-0.25, -0.2) is 8.42 Å². The Morgan fingerprint density at radius 3 is 2.62 bits per heavy atom. The van der Waals surface area contributed by atoms with E-state index in [-0.39, 0.29) is 23.5 Å². The molecule has 1 N–H and O–H groups in total. The lowest BCUT2D eigenvalue weighted by molar-refractivity contribution is 0.0402. The van der Waals surface area contributed by atoms with Gasteiger partial charge in [0.25, 0.3) is 0 Å². The van der Waals surface area contributed by atoms with E-state index in [0.29, 0.717) is 30.7 Å². The van der Waals surface area contributed by atoms with Gasteiger partial charge in [0.2, 0.25) is 10.0 Å². The van der Waals surface area contributed by atoms with Crippen LogP contribution in [0, 0.1) is 29.6 Å². The Balaban J connectivity index is 1.62. The zero-order valence-corrected chi connectivity index (χ0v) is 21.4. The van der Waals surface area contributed by atoms with E-state index in [0.717, 1.165) is 51.0 Å². The minimum atomic E-state index is -3.82. The SMILES string of the molecule is C[C@@H]1CN([C@@H](C)CO)S(=O)(=O)c2ccc(C#CC3CC3)cc2O[C@@H]1CN(C)CC1CCOCC1. The second kappa shape index (κ2) is 11.0. The summed E-state index contributed by atoms with van der Waals surface area (Å²) in [6.07, 6.45) is 4.21. The Bertz CT molecular complexity index is 1010. The largest absolute Gasteiger partial charge is 0.487 e. The van der Waals surface area contributed by atoms with E-state index in [1.54, 1.807) is 25.1 Å². The van der Waals surface area contributed by atoms with Gasteiger partial charge in [-0.2, -0.15) is 4.31 Å². The fraction of sp³-hybridized carbons (Fsp3) is 0.692. The number of rotatable bonds is 6. The van der Waals surface area contributed by atoms with Crippen LogP contribution in [0.5, 0.6) is 5.75 Å². The second-order valence-electron chi connectivity index (χ2n) is 10.2. The van der Waals surface area contributed by atoms with E-state index in [1.807, 2.05) is 6.92 Å². The summed E-state index contributed by atoms with van der Waals surface area (Å²) in [5, 5.41) is 9.81. The van der Waals surface area contributed by atoms with Gasteiger partial charge >= 0.3 is 0 Å². The molecule has 0 aromatic heterocycles. The maximum Gasteiger partial charge on any atom is 0.247 e. The molecule has 0 unspecified atom stereocenters. The molecule has 0 spiro atoms. The molecule has 188 valence electrons. The monoisotopic (exact) mass is 490 g/mol. The summed E-state index contributed by atoms with van der Waals surface area (Å²) in [5.74, 6) is 7.79. The molecule has 1 aliphatic carbocycles. The molecule has 1 saturated carbocycles. The van der Waals surface area contributed by atoms with E-state index in [2.05, 4.69) is 23.8 Å². The summed E-state index contributed by atoms with van der Waals surface area (Å²) in [7, 11) is -1.72. The van der Waals surface area contributed by atoms with Crippen LogP contribution in [-0.2, 0) is 14.8 Å². The Kier molecular flexibility index (Phi) is 8.21. The molecule has 2 aliphatic heterocycles. The van der Waals surface area contributed by atoms with Gasteiger partial charge in [-0.15, -0.1) is 0 Å². The Morgan fingerprint density at radius 2 is 1.94 bits per heavy atom. The molecule has 7 nitrogen and oxygen atoms in total. The van der Waals surface area contributed by atoms with Crippen LogP contribution in [0.1, 0.15) is 45.1 Å². The highest BCUT2D eigenvalue weighted by Crippen LogP contribution is 2.34. The molecule has 2 fully saturated rings. The third kappa shape index (κ3) is 6.13. The van der Waals surface area contributed by atoms with Gasteiger partial charge in [-0.1, -0.05) is 18.8 Å². The van der Waals surface area contributed by atoms with Crippen LogP contribution in [0.2, 0.25) is 0 Å². The molecule has 1 saturated heterocycles. The van der Waals surface area contributed by atoms with Crippen LogP contribution in [0.3, 0.4) is 0 Å². The highest BCUT2D eigenvalue weighted by molar-refractivity contribution is 7.89. The minimum absolute atomic E-state index is 0.0599. The van der Waals surface area contributed by atoms with E-state index in [1.165, 1.54) is 4.31 Å². The molecule has 0 amide bonds. The fourth-order valence-corrected chi connectivity index (χ4v) is 6.51. The molecule has 3 atom stereocenters. The number of ether oxygens (including phenoxy) is 2. The van der Waals surface area contributed by atoms with Gasteiger partial charge in [-0.05, 0) is 63.8 Å². The van der Waals surface area contributed by atoms with E-state index in [4.69, 9.17) is 9.47 Å². The number of likely N-dealkylation sites (N-methyl/N-ethyl adjacent to an activating group) is 1. The second-order valence-corrected chi connectivity index (χ2v) is 12.1. The van der Waals surface area contributed by atoms with Gasteiger partial charge in [0.1, 0.15) is 16.7 Å². The molecule has 2 heterocycles. The van der Waals surface area contributed by atoms with Crippen molar-refractivity contribution in [3.05, 3.63) is 23.8 Å².